The van der Waals surface area contributed by atoms with Gasteiger partial charge in [0.05, 0.1) is 27.2 Å². The highest BCUT2D eigenvalue weighted by Gasteiger charge is 2.20. The molecular formula is C12H12ClN5O3. The number of nitro benzene ring substituents is 1. The van der Waals surface area contributed by atoms with Crippen LogP contribution in [0.5, 0.6) is 0 Å². The summed E-state index contributed by atoms with van der Waals surface area (Å²) in [5.41, 5.74) is 5.35. The summed E-state index contributed by atoms with van der Waals surface area (Å²) in [7, 11) is 0. The summed E-state index contributed by atoms with van der Waals surface area (Å²) in [5, 5.41) is 13.4. The number of amides is 1. The van der Waals surface area contributed by atoms with Crippen molar-refractivity contribution in [3.8, 4) is 0 Å². The van der Waals surface area contributed by atoms with Gasteiger partial charge in [0.1, 0.15) is 5.82 Å². The number of nitrogens with zero attached hydrogens (tertiary/aromatic N) is 2. The van der Waals surface area contributed by atoms with E-state index < -0.39 is 16.9 Å². The molecule has 4 N–H and O–H groups in total. The van der Waals surface area contributed by atoms with Crippen LogP contribution in [0.2, 0.25) is 5.02 Å². The van der Waals surface area contributed by atoms with E-state index in [0.717, 1.165) is 12.1 Å². The van der Waals surface area contributed by atoms with Crippen LogP contribution in [0.15, 0.2) is 24.5 Å². The molecule has 1 heterocycles. The van der Waals surface area contributed by atoms with Gasteiger partial charge in [-0.2, -0.15) is 0 Å². The molecule has 110 valence electrons. The van der Waals surface area contributed by atoms with Gasteiger partial charge in [0, 0.05) is 24.5 Å². The number of benzene rings is 1. The summed E-state index contributed by atoms with van der Waals surface area (Å²) >= 11 is 5.82. The number of halogens is 1. The Morgan fingerprint density at radius 2 is 2.29 bits per heavy atom. The predicted molar refractivity (Wildman–Crippen MR) is 77.0 cm³/mol. The van der Waals surface area contributed by atoms with E-state index in [1.807, 2.05) is 0 Å². The number of hydrogen-bond acceptors (Lipinski definition) is 5. The number of aromatic nitrogens is 2. The minimum atomic E-state index is -0.641. The summed E-state index contributed by atoms with van der Waals surface area (Å²) in [6.45, 7) is 1.71. The number of nitrogens with one attached hydrogen (secondary N) is 2. The molecule has 0 radical (unpaired) electrons. The molecule has 9 heteroatoms. The molecule has 1 aromatic heterocycles. The monoisotopic (exact) mass is 309 g/mol. The highest BCUT2D eigenvalue weighted by molar-refractivity contribution is 6.34. The zero-order valence-corrected chi connectivity index (χ0v) is 11.7. The molecule has 0 saturated carbocycles. The number of aromatic amines is 1. The molecule has 0 fully saturated rings. The largest absolute Gasteiger partial charge is 0.397 e. The van der Waals surface area contributed by atoms with Crippen LogP contribution in [0.3, 0.4) is 0 Å². The number of imidazole rings is 1. The lowest BCUT2D eigenvalue weighted by Gasteiger charge is -2.13. The SMILES string of the molecule is CC(NC(=O)c1cc([N+](=O)[O-])cc(Cl)c1N)c1ncc[nH]1. The maximum absolute atomic E-state index is 12.2. The molecule has 1 unspecified atom stereocenters. The number of hydrogen-bond donors (Lipinski definition) is 3. The fraction of sp³-hybridized carbons (Fsp3) is 0.167. The van der Waals surface area contributed by atoms with Gasteiger partial charge in [0.2, 0.25) is 0 Å². The van der Waals surface area contributed by atoms with Gasteiger partial charge in [-0.15, -0.1) is 0 Å². The number of rotatable bonds is 4. The number of nitrogen functional groups attached to an aromatic ring is 1. The quantitative estimate of drug-likeness (QED) is 0.452. The summed E-state index contributed by atoms with van der Waals surface area (Å²) in [6, 6.07) is 1.78. The second-order valence-corrected chi connectivity index (χ2v) is 4.72. The molecule has 8 nitrogen and oxygen atoms in total. The number of carbonyl (C=O) groups is 1. The predicted octanol–water partition coefficient (Wildman–Crippen LogP) is 2.04. The standard InChI is InChI=1S/C12H12ClN5O3/c1-6(11-15-2-3-16-11)17-12(19)8-4-7(18(20)21)5-9(13)10(8)14/h2-6H,14H2,1H3,(H,15,16)(H,17,19). The lowest BCUT2D eigenvalue weighted by Crippen LogP contribution is -2.28. The molecule has 0 saturated heterocycles. The van der Waals surface area contributed by atoms with Crippen LogP contribution in [0, 0.1) is 10.1 Å². The zero-order chi connectivity index (χ0) is 15.6. The Bertz CT molecular complexity index is 686. The minimum absolute atomic E-state index is 0.00795. The number of nitro groups is 1. The van der Waals surface area contributed by atoms with Crippen molar-refractivity contribution in [2.45, 2.75) is 13.0 Å². The Hall–Kier alpha value is -2.61. The third-order valence-electron chi connectivity index (χ3n) is 2.85. The minimum Gasteiger partial charge on any atom is -0.397 e. The average molecular weight is 310 g/mol. The van der Waals surface area contributed by atoms with E-state index >= 15 is 0 Å². The van der Waals surface area contributed by atoms with Crippen molar-refractivity contribution >= 4 is 28.9 Å². The van der Waals surface area contributed by atoms with Crippen LogP contribution in [-0.2, 0) is 0 Å². The van der Waals surface area contributed by atoms with E-state index in [9.17, 15) is 14.9 Å². The molecule has 1 aromatic carbocycles. The molecule has 1 atom stereocenters. The Morgan fingerprint density at radius 3 is 2.86 bits per heavy atom. The second kappa shape index (κ2) is 5.80. The van der Waals surface area contributed by atoms with Crippen LogP contribution < -0.4 is 11.1 Å². The highest BCUT2D eigenvalue weighted by atomic mass is 35.5. The number of anilines is 1. The number of non-ortho nitro benzene ring substituents is 1. The fourth-order valence-corrected chi connectivity index (χ4v) is 1.97. The van der Waals surface area contributed by atoms with Crippen molar-refractivity contribution in [1.29, 1.82) is 0 Å². The molecule has 1 amide bonds. The van der Waals surface area contributed by atoms with Crippen molar-refractivity contribution in [3.63, 3.8) is 0 Å². The molecule has 2 aromatic rings. The lowest BCUT2D eigenvalue weighted by molar-refractivity contribution is -0.384. The van der Waals surface area contributed by atoms with Crippen molar-refractivity contribution < 1.29 is 9.72 Å². The normalized spacial score (nSPS) is 11.9. The molecule has 0 aliphatic heterocycles. The third-order valence-corrected chi connectivity index (χ3v) is 3.16. The maximum atomic E-state index is 12.2. The van der Waals surface area contributed by atoms with Crippen LogP contribution >= 0.6 is 11.6 Å². The van der Waals surface area contributed by atoms with Gasteiger partial charge >= 0.3 is 0 Å². The van der Waals surface area contributed by atoms with Gasteiger partial charge in [-0.25, -0.2) is 4.98 Å². The first kappa shape index (κ1) is 14.8. The summed E-state index contributed by atoms with van der Waals surface area (Å²) < 4.78 is 0. The Morgan fingerprint density at radius 1 is 1.57 bits per heavy atom. The Kier molecular flexibility index (Phi) is 4.08. The first-order valence-corrected chi connectivity index (χ1v) is 6.31. The number of nitrogens with two attached hydrogens (primary N) is 1. The first-order valence-electron chi connectivity index (χ1n) is 5.93. The maximum Gasteiger partial charge on any atom is 0.271 e. The van der Waals surface area contributed by atoms with E-state index in [1.165, 1.54) is 0 Å². The van der Waals surface area contributed by atoms with Gasteiger partial charge in [-0.1, -0.05) is 11.6 Å². The van der Waals surface area contributed by atoms with Crippen molar-refractivity contribution in [3.05, 3.63) is 51.1 Å². The highest BCUT2D eigenvalue weighted by Crippen LogP contribution is 2.29. The molecule has 0 aliphatic carbocycles. The van der Waals surface area contributed by atoms with Crippen LogP contribution in [0.25, 0.3) is 0 Å². The molecular weight excluding hydrogens is 298 g/mol. The topological polar surface area (TPSA) is 127 Å². The summed E-state index contributed by atoms with van der Waals surface area (Å²) in [5.74, 6) is -0.0135. The van der Waals surface area contributed by atoms with Crippen LogP contribution in [0.4, 0.5) is 11.4 Å². The van der Waals surface area contributed by atoms with Crippen LogP contribution in [0.1, 0.15) is 29.1 Å². The van der Waals surface area contributed by atoms with E-state index in [1.54, 1.807) is 19.3 Å². The van der Waals surface area contributed by atoms with Crippen molar-refractivity contribution in [2.24, 2.45) is 0 Å². The molecule has 2 rings (SSSR count). The third kappa shape index (κ3) is 3.11. The Balaban J connectivity index is 2.28. The Labute approximate surface area is 124 Å². The van der Waals surface area contributed by atoms with Crippen LogP contribution in [-0.4, -0.2) is 20.8 Å². The fourth-order valence-electron chi connectivity index (χ4n) is 1.75. The van der Waals surface area contributed by atoms with Gasteiger partial charge in [-0.05, 0) is 6.92 Å². The van der Waals surface area contributed by atoms with E-state index in [0.29, 0.717) is 5.82 Å². The first-order chi connectivity index (χ1) is 9.90. The molecule has 21 heavy (non-hydrogen) atoms. The smallest absolute Gasteiger partial charge is 0.271 e. The molecule has 0 aliphatic rings. The van der Waals surface area contributed by atoms with Gasteiger partial charge in [0.25, 0.3) is 11.6 Å². The number of carbonyl (C=O) groups excluding carboxylic acids is 1. The van der Waals surface area contributed by atoms with Gasteiger partial charge in [-0.3, -0.25) is 14.9 Å². The van der Waals surface area contributed by atoms with E-state index in [4.69, 9.17) is 17.3 Å². The number of H-pyrrole nitrogens is 1. The zero-order valence-electron chi connectivity index (χ0n) is 11.0. The second-order valence-electron chi connectivity index (χ2n) is 4.32. The van der Waals surface area contributed by atoms with Gasteiger partial charge in [0.15, 0.2) is 0 Å². The van der Waals surface area contributed by atoms with Crippen molar-refractivity contribution in [2.75, 3.05) is 5.73 Å². The van der Waals surface area contributed by atoms with E-state index in [-0.39, 0.29) is 22.0 Å². The average Bonchev–Trinajstić information content (AvgIpc) is 2.95. The van der Waals surface area contributed by atoms with Gasteiger partial charge < -0.3 is 16.0 Å². The summed E-state index contributed by atoms with van der Waals surface area (Å²) in [4.78, 5) is 29.2. The summed E-state index contributed by atoms with van der Waals surface area (Å²) in [6.07, 6.45) is 3.17. The van der Waals surface area contributed by atoms with E-state index in [2.05, 4.69) is 15.3 Å². The lowest BCUT2D eigenvalue weighted by atomic mass is 10.1. The van der Waals surface area contributed by atoms with Crippen molar-refractivity contribution in [1.82, 2.24) is 15.3 Å². The molecule has 0 spiro atoms. The molecule has 0 bridgehead atoms.